The fourth-order valence-corrected chi connectivity index (χ4v) is 2.44. The SMILES string of the molecule is N#CC1CCCC(c2cccc(Br)c2)N1. The second-order valence-electron chi connectivity index (χ2n) is 3.89. The van der Waals surface area contributed by atoms with E-state index in [9.17, 15) is 0 Å². The van der Waals surface area contributed by atoms with Gasteiger partial charge in [0, 0.05) is 10.5 Å². The first-order valence-electron chi connectivity index (χ1n) is 5.21. The Kier molecular flexibility index (Phi) is 3.40. The van der Waals surface area contributed by atoms with Crippen LogP contribution in [0.1, 0.15) is 30.9 Å². The van der Waals surface area contributed by atoms with Crippen molar-refractivity contribution in [1.82, 2.24) is 5.32 Å². The Morgan fingerprint density at radius 1 is 1.40 bits per heavy atom. The molecular weight excluding hydrogens is 252 g/mol. The van der Waals surface area contributed by atoms with Crippen LogP contribution in [0.15, 0.2) is 28.7 Å². The largest absolute Gasteiger partial charge is 0.295 e. The Bertz CT molecular complexity index is 383. The molecule has 1 N–H and O–H groups in total. The van der Waals surface area contributed by atoms with Crippen molar-refractivity contribution < 1.29 is 0 Å². The van der Waals surface area contributed by atoms with Gasteiger partial charge in [-0.2, -0.15) is 5.26 Å². The van der Waals surface area contributed by atoms with E-state index in [4.69, 9.17) is 5.26 Å². The molecule has 0 aliphatic carbocycles. The summed E-state index contributed by atoms with van der Waals surface area (Å²) in [6.45, 7) is 0. The summed E-state index contributed by atoms with van der Waals surface area (Å²) >= 11 is 3.47. The molecule has 2 unspecified atom stereocenters. The van der Waals surface area contributed by atoms with Gasteiger partial charge in [-0.3, -0.25) is 5.32 Å². The highest BCUT2D eigenvalue weighted by atomic mass is 79.9. The van der Waals surface area contributed by atoms with Gasteiger partial charge in [-0.1, -0.05) is 28.1 Å². The number of benzene rings is 1. The molecule has 2 atom stereocenters. The van der Waals surface area contributed by atoms with E-state index in [0.29, 0.717) is 6.04 Å². The van der Waals surface area contributed by atoms with Crippen LogP contribution < -0.4 is 5.32 Å². The lowest BCUT2D eigenvalue weighted by molar-refractivity contribution is 0.368. The number of rotatable bonds is 1. The first kappa shape index (κ1) is 10.7. The number of hydrogen-bond donors (Lipinski definition) is 1. The molecule has 1 aliphatic heterocycles. The molecule has 1 aliphatic rings. The molecule has 0 amide bonds. The van der Waals surface area contributed by atoms with E-state index in [1.165, 1.54) is 5.56 Å². The van der Waals surface area contributed by atoms with Gasteiger partial charge < -0.3 is 0 Å². The summed E-state index contributed by atoms with van der Waals surface area (Å²) in [5, 5.41) is 12.3. The van der Waals surface area contributed by atoms with Gasteiger partial charge >= 0.3 is 0 Å². The lowest BCUT2D eigenvalue weighted by atomic mass is 9.94. The van der Waals surface area contributed by atoms with E-state index < -0.39 is 0 Å². The Morgan fingerprint density at radius 3 is 3.00 bits per heavy atom. The Balaban J connectivity index is 2.14. The van der Waals surface area contributed by atoms with Gasteiger partial charge in [0.1, 0.15) is 0 Å². The zero-order valence-electron chi connectivity index (χ0n) is 8.41. The van der Waals surface area contributed by atoms with Crippen LogP contribution >= 0.6 is 15.9 Å². The Hall–Kier alpha value is -0.850. The normalized spacial score (nSPS) is 25.9. The summed E-state index contributed by atoms with van der Waals surface area (Å²) < 4.78 is 1.10. The van der Waals surface area contributed by atoms with E-state index >= 15 is 0 Å². The maximum atomic E-state index is 8.89. The Morgan fingerprint density at radius 2 is 2.27 bits per heavy atom. The van der Waals surface area contributed by atoms with Gasteiger partial charge in [0.2, 0.25) is 0 Å². The van der Waals surface area contributed by atoms with E-state index in [-0.39, 0.29) is 6.04 Å². The van der Waals surface area contributed by atoms with Gasteiger partial charge in [0.15, 0.2) is 0 Å². The van der Waals surface area contributed by atoms with Crippen molar-refractivity contribution in [2.45, 2.75) is 31.3 Å². The number of hydrogen-bond acceptors (Lipinski definition) is 2. The van der Waals surface area contributed by atoms with Crippen LogP contribution in [0.3, 0.4) is 0 Å². The van der Waals surface area contributed by atoms with E-state index in [1.54, 1.807) is 0 Å². The standard InChI is InChI=1S/C12H13BrN2/c13-10-4-1-3-9(7-10)12-6-2-5-11(8-14)15-12/h1,3-4,7,11-12,15H,2,5-6H2. The van der Waals surface area contributed by atoms with E-state index in [2.05, 4.69) is 39.4 Å². The molecule has 78 valence electrons. The van der Waals surface area contributed by atoms with Gasteiger partial charge in [0.05, 0.1) is 12.1 Å². The summed E-state index contributed by atoms with van der Waals surface area (Å²) in [4.78, 5) is 0. The maximum absolute atomic E-state index is 8.89. The number of nitriles is 1. The number of nitrogens with zero attached hydrogens (tertiary/aromatic N) is 1. The van der Waals surface area contributed by atoms with Crippen molar-refractivity contribution in [3.8, 4) is 6.07 Å². The first-order valence-corrected chi connectivity index (χ1v) is 6.00. The molecule has 2 rings (SSSR count). The van der Waals surface area contributed by atoms with Crippen LogP contribution in [-0.4, -0.2) is 6.04 Å². The summed E-state index contributed by atoms with van der Waals surface area (Å²) in [7, 11) is 0. The van der Waals surface area contributed by atoms with E-state index in [0.717, 1.165) is 23.7 Å². The second kappa shape index (κ2) is 4.78. The van der Waals surface area contributed by atoms with Crippen LogP contribution in [0.25, 0.3) is 0 Å². The zero-order valence-corrected chi connectivity index (χ0v) is 10.00. The Labute approximate surface area is 98.4 Å². The third kappa shape index (κ3) is 2.58. The average Bonchev–Trinajstić information content (AvgIpc) is 2.29. The molecule has 15 heavy (non-hydrogen) atoms. The first-order chi connectivity index (χ1) is 7.29. The van der Waals surface area contributed by atoms with Crippen molar-refractivity contribution in [1.29, 1.82) is 5.26 Å². The molecule has 1 aromatic rings. The second-order valence-corrected chi connectivity index (χ2v) is 4.80. The van der Waals surface area contributed by atoms with Gasteiger partial charge in [0.25, 0.3) is 0 Å². The molecule has 0 spiro atoms. The fourth-order valence-electron chi connectivity index (χ4n) is 2.02. The average molecular weight is 265 g/mol. The minimum absolute atomic E-state index is 0.0164. The molecule has 3 heteroatoms. The van der Waals surface area contributed by atoms with Gasteiger partial charge in [-0.25, -0.2) is 0 Å². The third-order valence-electron chi connectivity index (χ3n) is 2.79. The lowest BCUT2D eigenvalue weighted by Gasteiger charge is -2.27. The number of halogens is 1. The third-order valence-corrected chi connectivity index (χ3v) is 3.29. The van der Waals surface area contributed by atoms with Crippen LogP contribution in [-0.2, 0) is 0 Å². The minimum atomic E-state index is 0.0164. The lowest BCUT2D eigenvalue weighted by Crippen LogP contribution is -2.35. The molecule has 2 nitrogen and oxygen atoms in total. The minimum Gasteiger partial charge on any atom is -0.295 e. The summed E-state index contributed by atoms with van der Waals surface area (Å²) in [6, 6.07) is 10.9. The number of nitrogens with one attached hydrogen (secondary N) is 1. The fraction of sp³-hybridized carbons (Fsp3) is 0.417. The van der Waals surface area contributed by atoms with Crippen molar-refractivity contribution in [2.24, 2.45) is 0 Å². The smallest absolute Gasteiger partial charge is 0.0957 e. The monoisotopic (exact) mass is 264 g/mol. The predicted molar refractivity (Wildman–Crippen MR) is 63.3 cm³/mol. The molecule has 0 radical (unpaired) electrons. The van der Waals surface area contributed by atoms with Gasteiger partial charge in [-0.05, 0) is 37.0 Å². The summed E-state index contributed by atoms with van der Waals surface area (Å²) in [5.74, 6) is 0. The highest BCUT2D eigenvalue weighted by Gasteiger charge is 2.21. The maximum Gasteiger partial charge on any atom is 0.0957 e. The van der Waals surface area contributed by atoms with Crippen molar-refractivity contribution >= 4 is 15.9 Å². The van der Waals surface area contributed by atoms with Crippen molar-refractivity contribution in [2.75, 3.05) is 0 Å². The molecule has 0 bridgehead atoms. The molecule has 1 aromatic carbocycles. The molecule has 1 saturated heterocycles. The topological polar surface area (TPSA) is 35.8 Å². The molecule has 0 aromatic heterocycles. The molecule has 1 heterocycles. The van der Waals surface area contributed by atoms with E-state index in [1.807, 2.05) is 12.1 Å². The van der Waals surface area contributed by atoms with Crippen LogP contribution in [0.4, 0.5) is 0 Å². The molecular formula is C12H13BrN2. The predicted octanol–water partition coefficient (Wildman–Crippen LogP) is 3.16. The zero-order chi connectivity index (χ0) is 10.7. The van der Waals surface area contributed by atoms with Crippen LogP contribution in [0, 0.1) is 11.3 Å². The highest BCUT2D eigenvalue weighted by Crippen LogP contribution is 2.26. The summed E-state index contributed by atoms with van der Waals surface area (Å²) in [5.41, 5.74) is 1.27. The molecule has 1 fully saturated rings. The van der Waals surface area contributed by atoms with Crippen LogP contribution in [0.5, 0.6) is 0 Å². The van der Waals surface area contributed by atoms with Crippen molar-refractivity contribution in [3.63, 3.8) is 0 Å². The highest BCUT2D eigenvalue weighted by molar-refractivity contribution is 9.10. The molecule has 0 saturated carbocycles. The number of piperidine rings is 1. The van der Waals surface area contributed by atoms with Crippen LogP contribution in [0.2, 0.25) is 0 Å². The quantitative estimate of drug-likeness (QED) is 0.846. The van der Waals surface area contributed by atoms with Crippen molar-refractivity contribution in [3.05, 3.63) is 34.3 Å². The summed E-state index contributed by atoms with van der Waals surface area (Å²) in [6.07, 6.45) is 3.22. The van der Waals surface area contributed by atoms with Gasteiger partial charge in [-0.15, -0.1) is 0 Å².